The smallest absolute Gasteiger partial charge is 0.224 e. The van der Waals surface area contributed by atoms with Crippen molar-refractivity contribution in [2.75, 3.05) is 13.7 Å². The molecule has 1 heterocycles. The predicted octanol–water partition coefficient (Wildman–Crippen LogP) is 3.31. The molecule has 0 radical (unpaired) electrons. The summed E-state index contributed by atoms with van der Waals surface area (Å²) in [5, 5.41) is 2.91. The van der Waals surface area contributed by atoms with Gasteiger partial charge < -0.3 is 10.1 Å². The topological polar surface area (TPSA) is 38.3 Å². The summed E-state index contributed by atoms with van der Waals surface area (Å²) in [5.41, 5.74) is 0.975. The van der Waals surface area contributed by atoms with Crippen LogP contribution >= 0.6 is 22.9 Å². The molecule has 1 aromatic carbocycles. The van der Waals surface area contributed by atoms with E-state index >= 15 is 0 Å². The second-order valence-electron chi connectivity index (χ2n) is 4.33. The first-order valence-corrected chi connectivity index (χ1v) is 7.50. The zero-order valence-corrected chi connectivity index (χ0v) is 12.8. The van der Waals surface area contributed by atoms with Crippen LogP contribution in [0.5, 0.6) is 5.75 Å². The number of amides is 1. The van der Waals surface area contributed by atoms with Crippen molar-refractivity contribution in [3.05, 3.63) is 51.2 Å². The number of thiophene rings is 1. The van der Waals surface area contributed by atoms with Gasteiger partial charge in [-0.1, -0.05) is 23.7 Å². The number of ether oxygens (including phenoxy) is 1. The van der Waals surface area contributed by atoms with E-state index in [0.717, 1.165) is 22.1 Å². The van der Waals surface area contributed by atoms with Crippen molar-refractivity contribution in [1.82, 2.24) is 5.32 Å². The van der Waals surface area contributed by atoms with Gasteiger partial charge in [0.2, 0.25) is 5.91 Å². The Morgan fingerprint density at radius 2 is 2.00 bits per heavy atom. The van der Waals surface area contributed by atoms with Crippen LogP contribution < -0.4 is 10.1 Å². The number of carbonyl (C=O) groups excluding carboxylic acids is 1. The van der Waals surface area contributed by atoms with Crippen LogP contribution in [-0.2, 0) is 17.6 Å². The minimum absolute atomic E-state index is 0.0258. The van der Waals surface area contributed by atoms with Crippen molar-refractivity contribution >= 4 is 28.8 Å². The zero-order valence-electron chi connectivity index (χ0n) is 11.2. The highest BCUT2D eigenvalue weighted by Crippen LogP contribution is 2.21. The van der Waals surface area contributed by atoms with E-state index in [1.54, 1.807) is 18.4 Å². The molecule has 106 valence electrons. The monoisotopic (exact) mass is 309 g/mol. The number of methoxy groups -OCH3 is 1. The predicted molar refractivity (Wildman–Crippen MR) is 82.7 cm³/mol. The third-order valence-electron chi connectivity index (χ3n) is 2.85. The average Bonchev–Trinajstić information content (AvgIpc) is 2.85. The highest BCUT2D eigenvalue weighted by Gasteiger charge is 2.04. The lowest BCUT2D eigenvalue weighted by Crippen LogP contribution is -2.27. The number of benzene rings is 1. The van der Waals surface area contributed by atoms with E-state index in [9.17, 15) is 4.79 Å². The van der Waals surface area contributed by atoms with Gasteiger partial charge in [-0.3, -0.25) is 4.79 Å². The summed E-state index contributed by atoms with van der Waals surface area (Å²) in [6.07, 6.45) is 1.20. The summed E-state index contributed by atoms with van der Waals surface area (Å²) < 4.78 is 5.86. The van der Waals surface area contributed by atoms with Gasteiger partial charge in [0.05, 0.1) is 17.9 Å². The fraction of sp³-hybridized carbons (Fsp3) is 0.267. The van der Waals surface area contributed by atoms with Gasteiger partial charge in [0, 0.05) is 11.4 Å². The maximum absolute atomic E-state index is 11.8. The summed E-state index contributed by atoms with van der Waals surface area (Å²) in [4.78, 5) is 13.0. The van der Waals surface area contributed by atoms with E-state index in [1.165, 1.54) is 4.88 Å². The van der Waals surface area contributed by atoms with Crippen LogP contribution in [0.3, 0.4) is 0 Å². The van der Waals surface area contributed by atoms with Crippen LogP contribution in [0.1, 0.15) is 10.4 Å². The van der Waals surface area contributed by atoms with Gasteiger partial charge in [0.15, 0.2) is 0 Å². The second-order valence-corrected chi connectivity index (χ2v) is 6.13. The largest absolute Gasteiger partial charge is 0.497 e. The number of halogens is 1. The van der Waals surface area contributed by atoms with E-state index in [0.29, 0.717) is 13.0 Å². The van der Waals surface area contributed by atoms with Crippen molar-refractivity contribution in [2.45, 2.75) is 12.8 Å². The second kappa shape index (κ2) is 7.31. The molecule has 5 heteroatoms. The normalized spacial score (nSPS) is 10.3. The van der Waals surface area contributed by atoms with Crippen LogP contribution in [0.4, 0.5) is 0 Å². The van der Waals surface area contributed by atoms with E-state index in [2.05, 4.69) is 5.32 Å². The molecule has 0 fully saturated rings. The van der Waals surface area contributed by atoms with Gasteiger partial charge in [0.1, 0.15) is 5.75 Å². The van der Waals surface area contributed by atoms with Crippen LogP contribution in [0.15, 0.2) is 36.4 Å². The van der Waals surface area contributed by atoms with Crippen LogP contribution in [0.2, 0.25) is 4.34 Å². The van der Waals surface area contributed by atoms with Crippen molar-refractivity contribution in [2.24, 2.45) is 0 Å². The summed E-state index contributed by atoms with van der Waals surface area (Å²) >= 11 is 7.40. The average molecular weight is 310 g/mol. The Kier molecular flexibility index (Phi) is 5.44. The van der Waals surface area contributed by atoms with E-state index in [-0.39, 0.29) is 5.91 Å². The highest BCUT2D eigenvalue weighted by atomic mass is 35.5. The number of hydrogen-bond acceptors (Lipinski definition) is 3. The Bertz CT molecular complexity index is 566. The first kappa shape index (κ1) is 14.9. The van der Waals surface area contributed by atoms with E-state index in [1.807, 2.05) is 36.4 Å². The van der Waals surface area contributed by atoms with Crippen molar-refractivity contribution < 1.29 is 9.53 Å². The molecule has 0 saturated carbocycles. The quantitative estimate of drug-likeness (QED) is 0.889. The van der Waals surface area contributed by atoms with Crippen molar-refractivity contribution in [3.8, 4) is 5.75 Å². The van der Waals surface area contributed by atoms with Gasteiger partial charge >= 0.3 is 0 Å². The molecule has 0 saturated heterocycles. The molecule has 1 amide bonds. The number of hydrogen-bond donors (Lipinski definition) is 1. The molecule has 20 heavy (non-hydrogen) atoms. The standard InChI is InChI=1S/C15H16ClNO2S/c1-19-12-4-2-11(3-5-12)10-15(18)17-9-8-13-6-7-14(16)20-13/h2-7H,8-10H2,1H3,(H,17,18). The fourth-order valence-electron chi connectivity index (χ4n) is 1.80. The number of carbonyl (C=O) groups is 1. The van der Waals surface area contributed by atoms with Gasteiger partial charge in [-0.05, 0) is 36.2 Å². The Hall–Kier alpha value is -1.52. The SMILES string of the molecule is COc1ccc(CC(=O)NCCc2ccc(Cl)s2)cc1. The van der Waals surface area contributed by atoms with E-state index in [4.69, 9.17) is 16.3 Å². The zero-order chi connectivity index (χ0) is 14.4. The molecule has 2 rings (SSSR count). The van der Waals surface area contributed by atoms with E-state index < -0.39 is 0 Å². The molecule has 3 nitrogen and oxygen atoms in total. The maximum Gasteiger partial charge on any atom is 0.224 e. The molecular formula is C15H16ClNO2S. The van der Waals surface area contributed by atoms with Gasteiger partial charge in [-0.15, -0.1) is 11.3 Å². The lowest BCUT2D eigenvalue weighted by atomic mass is 10.1. The molecule has 2 aromatic rings. The molecule has 0 aliphatic carbocycles. The Morgan fingerprint density at radius 3 is 2.60 bits per heavy atom. The molecular weight excluding hydrogens is 294 g/mol. The molecule has 0 bridgehead atoms. The Morgan fingerprint density at radius 1 is 1.25 bits per heavy atom. The molecule has 0 aliphatic heterocycles. The van der Waals surface area contributed by atoms with Crippen LogP contribution in [0.25, 0.3) is 0 Å². The summed E-state index contributed by atoms with van der Waals surface area (Å²) in [6.45, 7) is 0.631. The van der Waals surface area contributed by atoms with Gasteiger partial charge in [-0.2, -0.15) is 0 Å². The molecule has 1 aromatic heterocycles. The molecule has 0 spiro atoms. The number of nitrogens with one attached hydrogen (secondary N) is 1. The third-order valence-corrected chi connectivity index (χ3v) is 4.14. The first-order valence-electron chi connectivity index (χ1n) is 6.31. The first-order chi connectivity index (χ1) is 9.67. The third kappa shape index (κ3) is 4.54. The summed E-state index contributed by atoms with van der Waals surface area (Å²) in [5.74, 6) is 0.821. The molecule has 0 unspecified atom stereocenters. The minimum atomic E-state index is 0.0258. The summed E-state index contributed by atoms with van der Waals surface area (Å²) in [6, 6.07) is 11.4. The van der Waals surface area contributed by atoms with Gasteiger partial charge in [-0.25, -0.2) is 0 Å². The summed E-state index contributed by atoms with van der Waals surface area (Å²) in [7, 11) is 1.62. The number of rotatable bonds is 6. The Labute approximate surface area is 127 Å². The Balaban J connectivity index is 1.74. The van der Waals surface area contributed by atoms with Gasteiger partial charge in [0.25, 0.3) is 0 Å². The molecule has 0 atom stereocenters. The van der Waals surface area contributed by atoms with Crippen molar-refractivity contribution in [3.63, 3.8) is 0 Å². The minimum Gasteiger partial charge on any atom is -0.497 e. The highest BCUT2D eigenvalue weighted by molar-refractivity contribution is 7.16. The lowest BCUT2D eigenvalue weighted by Gasteiger charge is -2.05. The van der Waals surface area contributed by atoms with Crippen LogP contribution in [0, 0.1) is 0 Å². The van der Waals surface area contributed by atoms with Crippen LogP contribution in [-0.4, -0.2) is 19.6 Å². The van der Waals surface area contributed by atoms with Crippen molar-refractivity contribution in [1.29, 1.82) is 0 Å². The molecule has 1 N–H and O–H groups in total. The molecule has 0 aliphatic rings. The fourth-order valence-corrected chi connectivity index (χ4v) is 2.89. The lowest BCUT2D eigenvalue weighted by molar-refractivity contribution is -0.120. The maximum atomic E-state index is 11.8.